The fourth-order valence-electron chi connectivity index (χ4n) is 1.59. The van der Waals surface area contributed by atoms with Crippen molar-refractivity contribution in [2.45, 2.75) is 71.1 Å². The zero-order valence-electron chi connectivity index (χ0n) is 12.1. The molecular formula is C13H30N4O2. The number of hydrazone groups is 1. The van der Waals surface area contributed by atoms with Crippen LogP contribution in [0, 0.1) is 0 Å². The van der Waals surface area contributed by atoms with E-state index in [0.29, 0.717) is 6.42 Å². The minimum Gasteiger partial charge on any atom is -0.481 e. The first-order valence-corrected chi connectivity index (χ1v) is 7.05. The molecule has 0 bridgehead atoms. The van der Waals surface area contributed by atoms with Gasteiger partial charge in [0.05, 0.1) is 0 Å². The Morgan fingerprint density at radius 3 is 1.63 bits per heavy atom. The topological polar surface area (TPSA) is 128 Å². The van der Waals surface area contributed by atoms with Gasteiger partial charge in [0.25, 0.3) is 0 Å². The highest BCUT2D eigenvalue weighted by molar-refractivity contribution is 5.75. The van der Waals surface area contributed by atoms with E-state index in [4.69, 9.17) is 16.6 Å². The van der Waals surface area contributed by atoms with Crippen molar-refractivity contribution in [1.29, 1.82) is 0 Å². The number of aliphatic carboxylic acids is 1. The molecule has 0 saturated carbocycles. The van der Waals surface area contributed by atoms with Crippen molar-refractivity contribution in [3.63, 3.8) is 0 Å². The van der Waals surface area contributed by atoms with E-state index in [9.17, 15) is 4.79 Å². The van der Waals surface area contributed by atoms with Crippen molar-refractivity contribution < 1.29 is 9.90 Å². The fraction of sp³-hybridized carbons (Fsp3) is 0.846. The van der Waals surface area contributed by atoms with Crippen LogP contribution >= 0.6 is 0 Å². The van der Waals surface area contributed by atoms with Crippen LogP contribution in [0.1, 0.15) is 71.1 Å². The van der Waals surface area contributed by atoms with Crippen molar-refractivity contribution in [3.05, 3.63) is 0 Å². The second kappa shape index (κ2) is 16.5. The van der Waals surface area contributed by atoms with Gasteiger partial charge in [0.1, 0.15) is 0 Å². The highest BCUT2D eigenvalue weighted by atomic mass is 16.4. The molecule has 0 aliphatic rings. The molecule has 19 heavy (non-hydrogen) atoms. The van der Waals surface area contributed by atoms with Crippen molar-refractivity contribution in [1.82, 2.24) is 0 Å². The van der Waals surface area contributed by atoms with Crippen LogP contribution in [0.25, 0.3) is 0 Å². The van der Waals surface area contributed by atoms with Gasteiger partial charge in [-0.05, 0) is 6.42 Å². The van der Waals surface area contributed by atoms with E-state index < -0.39 is 5.97 Å². The maximum atomic E-state index is 10.2. The molecule has 0 aliphatic carbocycles. The number of nitrogens with zero attached hydrogens (tertiary/aromatic N) is 1. The van der Waals surface area contributed by atoms with E-state index in [2.05, 4.69) is 17.9 Å². The maximum absolute atomic E-state index is 10.2. The summed E-state index contributed by atoms with van der Waals surface area (Å²) in [6.07, 6.45) is 11.5. The summed E-state index contributed by atoms with van der Waals surface area (Å²) in [5.41, 5.74) is 9.39. The Hall–Kier alpha value is -1.46. The minimum absolute atomic E-state index is 0.0926. The van der Waals surface area contributed by atoms with Gasteiger partial charge in [0, 0.05) is 6.42 Å². The van der Waals surface area contributed by atoms with Crippen LogP contribution in [0.5, 0.6) is 0 Å². The number of carboxylic acid groups (broad SMARTS) is 1. The summed E-state index contributed by atoms with van der Waals surface area (Å²) < 4.78 is 0. The number of hydrogen-bond donors (Lipinski definition) is 4. The summed E-state index contributed by atoms with van der Waals surface area (Å²) in [4.78, 5) is 10.2. The van der Waals surface area contributed by atoms with Gasteiger partial charge in [-0.3, -0.25) is 4.79 Å². The predicted octanol–water partition coefficient (Wildman–Crippen LogP) is 2.13. The molecule has 6 nitrogen and oxygen atoms in total. The average Bonchev–Trinajstić information content (AvgIpc) is 2.37. The van der Waals surface area contributed by atoms with E-state index in [1.165, 1.54) is 44.9 Å². The summed E-state index contributed by atoms with van der Waals surface area (Å²) in [7, 11) is 0. The van der Waals surface area contributed by atoms with Gasteiger partial charge in [-0.25, -0.2) is 0 Å². The van der Waals surface area contributed by atoms with Gasteiger partial charge in [-0.15, -0.1) is 5.10 Å². The second-order valence-electron chi connectivity index (χ2n) is 4.53. The molecule has 0 heterocycles. The molecule has 0 saturated heterocycles. The van der Waals surface area contributed by atoms with E-state index >= 15 is 0 Å². The summed E-state index contributed by atoms with van der Waals surface area (Å²) >= 11 is 0. The van der Waals surface area contributed by atoms with Gasteiger partial charge in [-0.1, -0.05) is 58.3 Å². The lowest BCUT2D eigenvalue weighted by Gasteiger charge is -2.00. The molecular weight excluding hydrogens is 244 g/mol. The Balaban J connectivity index is 0. The molecule has 0 spiro atoms. The highest BCUT2D eigenvalue weighted by Gasteiger charge is 1.96. The first-order valence-electron chi connectivity index (χ1n) is 7.05. The lowest BCUT2D eigenvalue weighted by molar-refractivity contribution is -0.137. The number of carbonyl (C=O) groups is 1. The quantitative estimate of drug-likeness (QED) is 0.159. The van der Waals surface area contributed by atoms with E-state index in [-0.39, 0.29) is 5.96 Å². The third-order valence-electron chi connectivity index (χ3n) is 2.64. The summed E-state index contributed by atoms with van der Waals surface area (Å²) in [6, 6.07) is 0. The Bertz CT molecular complexity index is 229. The number of hydrogen-bond acceptors (Lipinski definition) is 3. The molecule has 0 unspecified atom stereocenters. The first-order chi connectivity index (χ1) is 9.04. The molecule has 0 atom stereocenters. The lowest BCUT2D eigenvalue weighted by atomic mass is 10.1. The first kappa shape index (κ1) is 19.9. The zero-order valence-corrected chi connectivity index (χ0v) is 12.1. The maximum Gasteiger partial charge on any atom is 0.303 e. The monoisotopic (exact) mass is 274 g/mol. The minimum atomic E-state index is -0.659. The molecule has 114 valence electrons. The van der Waals surface area contributed by atoms with Crippen LogP contribution in [0.15, 0.2) is 5.10 Å². The zero-order chi connectivity index (χ0) is 14.9. The van der Waals surface area contributed by atoms with Crippen LogP contribution < -0.4 is 17.3 Å². The van der Waals surface area contributed by atoms with Crippen LogP contribution in [-0.2, 0) is 4.79 Å². The standard InChI is InChI=1S/C12H24O2.CH6N4/c1-2-3-4-5-6-7-8-9-10-11-12(13)14;2-1(3)5-4/h2-11H2,1H3,(H,13,14);4H2,(H4,2,3,5). The molecule has 6 heteroatoms. The Morgan fingerprint density at radius 2 is 1.32 bits per heavy atom. The molecule has 0 fully saturated rings. The van der Waals surface area contributed by atoms with E-state index in [1.807, 2.05) is 0 Å². The number of nitrogens with two attached hydrogens (primary N) is 3. The van der Waals surface area contributed by atoms with Crippen molar-refractivity contribution in [2.75, 3.05) is 0 Å². The van der Waals surface area contributed by atoms with Gasteiger partial charge in [-0.2, -0.15) is 0 Å². The largest absolute Gasteiger partial charge is 0.481 e. The normalized spacial score (nSPS) is 9.32. The molecule has 0 aliphatic heterocycles. The predicted molar refractivity (Wildman–Crippen MR) is 79.5 cm³/mol. The third kappa shape index (κ3) is 26.3. The Kier molecular flexibility index (Phi) is 17.3. The van der Waals surface area contributed by atoms with Crippen molar-refractivity contribution >= 4 is 11.9 Å². The Morgan fingerprint density at radius 1 is 0.947 bits per heavy atom. The summed E-state index contributed by atoms with van der Waals surface area (Å²) in [5.74, 6) is 3.76. The Labute approximate surface area is 116 Å². The molecule has 0 aromatic heterocycles. The number of unbranched alkanes of at least 4 members (excludes halogenated alkanes) is 8. The number of carboxylic acids is 1. The summed E-state index contributed by atoms with van der Waals surface area (Å²) in [6.45, 7) is 2.23. The molecule has 0 rings (SSSR count). The van der Waals surface area contributed by atoms with Gasteiger partial charge < -0.3 is 22.4 Å². The second-order valence-corrected chi connectivity index (χ2v) is 4.53. The molecule has 7 N–H and O–H groups in total. The van der Waals surface area contributed by atoms with Crippen molar-refractivity contribution in [3.8, 4) is 0 Å². The summed E-state index contributed by atoms with van der Waals surface area (Å²) in [5, 5.41) is 11.3. The number of rotatable bonds is 10. The van der Waals surface area contributed by atoms with Crippen LogP contribution in [0.2, 0.25) is 0 Å². The smallest absolute Gasteiger partial charge is 0.303 e. The molecule has 0 amide bonds. The van der Waals surface area contributed by atoms with E-state index in [1.54, 1.807) is 0 Å². The fourth-order valence-corrected chi connectivity index (χ4v) is 1.59. The van der Waals surface area contributed by atoms with Gasteiger partial charge >= 0.3 is 5.97 Å². The highest BCUT2D eigenvalue weighted by Crippen LogP contribution is 2.10. The SMILES string of the molecule is CCCCCCCCCCCC(=O)O.NN=C(N)N. The molecule has 0 aromatic carbocycles. The third-order valence-corrected chi connectivity index (χ3v) is 2.64. The lowest BCUT2D eigenvalue weighted by Crippen LogP contribution is -2.23. The van der Waals surface area contributed by atoms with Gasteiger partial charge in [0.15, 0.2) is 0 Å². The number of guanidine groups is 1. The molecule has 0 aromatic rings. The van der Waals surface area contributed by atoms with Crippen LogP contribution in [-0.4, -0.2) is 17.0 Å². The molecule has 0 radical (unpaired) electrons. The van der Waals surface area contributed by atoms with Crippen LogP contribution in [0.4, 0.5) is 0 Å². The average molecular weight is 274 g/mol. The van der Waals surface area contributed by atoms with Crippen LogP contribution in [0.3, 0.4) is 0 Å². The van der Waals surface area contributed by atoms with E-state index in [0.717, 1.165) is 12.8 Å². The van der Waals surface area contributed by atoms with Crippen molar-refractivity contribution in [2.24, 2.45) is 22.4 Å². The van der Waals surface area contributed by atoms with Gasteiger partial charge in [0.2, 0.25) is 5.96 Å².